The van der Waals surface area contributed by atoms with Crippen LogP contribution in [0.3, 0.4) is 0 Å². The van der Waals surface area contributed by atoms with E-state index in [-0.39, 0.29) is 18.1 Å². The summed E-state index contributed by atoms with van der Waals surface area (Å²) in [5.74, 6) is -0.194. The van der Waals surface area contributed by atoms with E-state index in [0.717, 1.165) is 11.1 Å². The van der Waals surface area contributed by atoms with Crippen molar-refractivity contribution in [3.8, 4) is 5.95 Å². The summed E-state index contributed by atoms with van der Waals surface area (Å²) in [5, 5.41) is 0. The van der Waals surface area contributed by atoms with E-state index >= 15 is 0 Å². The smallest absolute Gasteiger partial charge is 0.422 e. The lowest BCUT2D eigenvalue weighted by Gasteiger charge is -2.18. The van der Waals surface area contributed by atoms with E-state index in [2.05, 4.69) is 0 Å². The number of nitrogens with zero attached hydrogens (tertiary/aromatic N) is 1. The van der Waals surface area contributed by atoms with Crippen molar-refractivity contribution in [2.24, 2.45) is 0 Å². The minimum absolute atomic E-state index is 0.0547. The molecule has 1 aromatic heterocycles. The molecular weight excluding hydrogens is 290 g/mol. The summed E-state index contributed by atoms with van der Waals surface area (Å²) in [5.41, 5.74) is 2.02. The molecule has 3 aromatic rings. The number of ether oxygens (including phenoxy) is 1. The van der Waals surface area contributed by atoms with Crippen LogP contribution in [0.25, 0.3) is 0 Å². The third-order valence-corrected chi connectivity index (χ3v) is 3.50. The summed E-state index contributed by atoms with van der Waals surface area (Å²) < 4.78 is 12.3. The second-order valence-electron chi connectivity index (χ2n) is 5.61. The number of hydrogen-bond donors (Lipinski definition) is 0. The molecule has 3 rings (SSSR count). The predicted molar refractivity (Wildman–Crippen MR) is 88.9 cm³/mol. The Balaban J connectivity index is 2.10. The topological polar surface area (TPSA) is 44.4 Å². The summed E-state index contributed by atoms with van der Waals surface area (Å²) in [6.45, 7) is 3.78. The van der Waals surface area contributed by atoms with Gasteiger partial charge in [0.15, 0.2) is 0 Å². The standard InChI is InChI=1S/C19H19NO3/c1-14(2)22-17-13-20(19(21)23-17)18(15-9-5-3-6-10-15)16-11-7-4-8-12-16/h3-14,18H,1-2H3. The zero-order chi connectivity index (χ0) is 16.2. The first-order valence-corrected chi connectivity index (χ1v) is 7.63. The Morgan fingerprint density at radius 3 is 1.91 bits per heavy atom. The lowest BCUT2D eigenvalue weighted by molar-refractivity contribution is 0.182. The predicted octanol–water partition coefficient (Wildman–Crippen LogP) is 3.87. The van der Waals surface area contributed by atoms with E-state index in [1.807, 2.05) is 74.5 Å². The van der Waals surface area contributed by atoms with Gasteiger partial charge in [-0.05, 0) is 25.0 Å². The van der Waals surface area contributed by atoms with Crippen LogP contribution in [0, 0.1) is 0 Å². The van der Waals surface area contributed by atoms with Gasteiger partial charge in [0, 0.05) is 0 Å². The monoisotopic (exact) mass is 309 g/mol. The van der Waals surface area contributed by atoms with Crippen LogP contribution in [0.4, 0.5) is 0 Å². The van der Waals surface area contributed by atoms with Crippen molar-refractivity contribution in [1.29, 1.82) is 0 Å². The van der Waals surface area contributed by atoms with Gasteiger partial charge in [0.05, 0.1) is 18.3 Å². The minimum Gasteiger partial charge on any atom is -0.461 e. The Labute approximate surface area is 135 Å². The molecule has 4 nitrogen and oxygen atoms in total. The summed E-state index contributed by atoms with van der Waals surface area (Å²) in [6.07, 6.45) is 1.58. The highest BCUT2D eigenvalue weighted by atomic mass is 16.6. The van der Waals surface area contributed by atoms with Gasteiger partial charge in [-0.15, -0.1) is 0 Å². The maximum Gasteiger partial charge on any atom is 0.422 e. The SMILES string of the molecule is CC(C)Oc1cn(C(c2ccccc2)c2ccccc2)c(=O)o1. The number of oxazole rings is 1. The molecule has 1 heterocycles. The van der Waals surface area contributed by atoms with Gasteiger partial charge in [0.25, 0.3) is 0 Å². The van der Waals surface area contributed by atoms with Gasteiger partial charge < -0.3 is 9.15 Å². The van der Waals surface area contributed by atoms with E-state index in [9.17, 15) is 4.79 Å². The zero-order valence-electron chi connectivity index (χ0n) is 13.2. The first-order valence-electron chi connectivity index (χ1n) is 7.63. The second kappa shape index (κ2) is 6.57. The fourth-order valence-electron chi connectivity index (χ4n) is 2.58. The molecule has 0 atom stereocenters. The molecular formula is C19H19NO3. The van der Waals surface area contributed by atoms with Gasteiger partial charge in [-0.25, -0.2) is 4.79 Å². The summed E-state index contributed by atoms with van der Waals surface area (Å²) in [6, 6.07) is 19.5. The molecule has 0 N–H and O–H groups in total. The van der Waals surface area contributed by atoms with Crippen LogP contribution in [0.1, 0.15) is 31.0 Å². The lowest BCUT2D eigenvalue weighted by Crippen LogP contribution is -2.21. The zero-order valence-corrected chi connectivity index (χ0v) is 13.2. The quantitative estimate of drug-likeness (QED) is 0.718. The van der Waals surface area contributed by atoms with Crippen molar-refractivity contribution in [3.63, 3.8) is 0 Å². The Morgan fingerprint density at radius 2 is 1.43 bits per heavy atom. The van der Waals surface area contributed by atoms with E-state index in [1.54, 1.807) is 10.8 Å². The normalized spacial score (nSPS) is 11.1. The molecule has 0 aliphatic rings. The maximum atomic E-state index is 12.3. The molecule has 0 saturated heterocycles. The number of rotatable bonds is 5. The van der Waals surface area contributed by atoms with Crippen molar-refractivity contribution in [1.82, 2.24) is 4.57 Å². The molecule has 0 bridgehead atoms. The molecule has 0 amide bonds. The van der Waals surface area contributed by atoms with Crippen LogP contribution >= 0.6 is 0 Å². The fourth-order valence-corrected chi connectivity index (χ4v) is 2.58. The minimum atomic E-state index is -0.432. The Bertz CT molecular complexity index is 764. The van der Waals surface area contributed by atoms with Gasteiger partial charge in [-0.1, -0.05) is 60.7 Å². The molecule has 0 aliphatic heterocycles. The van der Waals surface area contributed by atoms with E-state index in [4.69, 9.17) is 9.15 Å². The lowest BCUT2D eigenvalue weighted by atomic mass is 9.99. The molecule has 0 saturated carbocycles. The van der Waals surface area contributed by atoms with Crippen LogP contribution in [0.15, 0.2) is 76.1 Å². The summed E-state index contributed by atoms with van der Waals surface area (Å²) >= 11 is 0. The largest absolute Gasteiger partial charge is 0.461 e. The van der Waals surface area contributed by atoms with E-state index in [1.165, 1.54) is 0 Å². The molecule has 0 aliphatic carbocycles. The highest BCUT2D eigenvalue weighted by molar-refractivity contribution is 5.33. The van der Waals surface area contributed by atoms with Gasteiger partial charge in [-0.3, -0.25) is 4.57 Å². The van der Waals surface area contributed by atoms with Crippen LogP contribution < -0.4 is 10.5 Å². The third kappa shape index (κ3) is 3.37. The van der Waals surface area contributed by atoms with Crippen LogP contribution in [0.2, 0.25) is 0 Å². The van der Waals surface area contributed by atoms with Crippen LogP contribution in [-0.4, -0.2) is 10.7 Å². The Kier molecular flexibility index (Phi) is 4.33. The Morgan fingerprint density at radius 1 is 0.913 bits per heavy atom. The van der Waals surface area contributed by atoms with Gasteiger partial charge in [0.1, 0.15) is 0 Å². The van der Waals surface area contributed by atoms with Crippen molar-refractivity contribution in [2.45, 2.75) is 26.0 Å². The highest BCUT2D eigenvalue weighted by Gasteiger charge is 2.21. The molecule has 2 aromatic carbocycles. The van der Waals surface area contributed by atoms with Crippen molar-refractivity contribution in [2.75, 3.05) is 0 Å². The van der Waals surface area contributed by atoms with E-state index in [0.29, 0.717) is 0 Å². The molecule has 0 radical (unpaired) electrons. The fraction of sp³-hybridized carbons (Fsp3) is 0.211. The Hall–Kier alpha value is -2.75. The third-order valence-electron chi connectivity index (χ3n) is 3.50. The number of aromatic nitrogens is 1. The van der Waals surface area contributed by atoms with Crippen LogP contribution in [0.5, 0.6) is 5.95 Å². The first-order chi connectivity index (χ1) is 11.1. The van der Waals surface area contributed by atoms with E-state index < -0.39 is 5.76 Å². The first kappa shape index (κ1) is 15.2. The number of hydrogen-bond acceptors (Lipinski definition) is 3. The van der Waals surface area contributed by atoms with Crippen LogP contribution in [-0.2, 0) is 0 Å². The molecule has 0 spiro atoms. The van der Waals surface area contributed by atoms with Crippen molar-refractivity contribution < 1.29 is 9.15 Å². The second-order valence-corrected chi connectivity index (χ2v) is 5.61. The average Bonchev–Trinajstić information content (AvgIpc) is 2.89. The molecule has 0 fully saturated rings. The number of benzene rings is 2. The molecule has 0 unspecified atom stereocenters. The molecule has 23 heavy (non-hydrogen) atoms. The summed E-state index contributed by atoms with van der Waals surface area (Å²) in [4.78, 5) is 12.3. The van der Waals surface area contributed by atoms with Crippen molar-refractivity contribution in [3.05, 3.63) is 88.5 Å². The molecule has 4 heteroatoms. The molecule has 118 valence electrons. The van der Waals surface area contributed by atoms with Crippen molar-refractivity contribution >= 4 is 0 Å². The average molecular weight is 309 g/mol. The highest BCUT2D eigenvalue weighted by Crippen LogP contribution is 2.27. The van der Waals surface area contributed by atoms with Gasteiger partial charge in [0.2, 0.25) is 0 Å². The maximum absolute atomic E-state index is 12.3. The summed E-state index contributed by atoms with van der Waals surface area (Å²) in [7, 11) is 0. The van der Waals surface area contributed by atoms with Gasteiger partial charge >= 0.3 is 11.7 Å². The van der Waals surface area contributed by atoms with Gasteiger partial charge in [-0.2, -0.15) is 0 Å².